The van der Waals surface area contributed by atoms with Crippen LogP contribution in [0.4, 0.5) is 4.39 Å². The summed E-state index contributed by atoms with van der Waals surface area (Å²) in [5.41, 5.74) is 2.14. The van der Waals surface area contributed by atoms with Crippen LogP contribution in [0.3, 0.4) is 0 Å². The fourth-order valence-corrected chi connectivity index (χ4v) is 2.66. The molecule has 0 fully saturated rings. The largest absolute Gasteiger partial charge is 0.321 e. The number of nitrogens with zero attached hydrogens (tertiary/aromatic N) is 1. The number of hydrogen-bond acceptors (Lipinski definition) is 3. The summed E-state index contributed by atoms with van der Waals surface area (Å²) in [6.45, 7) is 0. The van der Waals surface area contributed by atoms with Crippen molar-refractivity contribution in [2.75, 3.05) is 7.05 Å². The van der Waals surface area contributed by atoms with Crippen LogP contribution in [0.15, 0.2) is 58.3 Å². The summed E-state index contributed by atoms with van der Waals surface area (Å²) in [6, 6.07) is 13.6. The second-order valence-electron chi connectivity index (χ2n) is 5.47. The first kappa shape index (κ1) is 15.8. The van der Waals surface area contributed by atoms with Crippen molar-refractivity contribution in [1.29, 1.82) is 5.41 Å². The zero-order valence-corrected chi connectivity index (χ0v) is 13.1. The SMILES string of the molecule is CN=CC(C=N)c1ccc(-c2cc3ccc(F)cc3c(=O)[nH]2)cc1. The normalized spacial score (nSPS) is 12.6. The van der Waals surface area contributed by atoms with Crippen LogP contribution in [0.5, 0.6) is 0 Å². The fourth-order valence-electron chi connectivity index (χ4n) is 2.66. The number of aromatic nitrogens is 1. The molecule has 4 nitrogen and oxygen atoms in total. The molecule has 0 amide bonds. The molecule has 1 unspecified atom stereocenters. The van der Waals surface area contributed by atoms with E-state index in [1.807, 2.05) is 30.3 Å². The van der Waals surface area contributed by atoms with Gasteiger partial charge >= 0.3 is 0 Å². The predicted octanol–water partition coefficient (Wildman–Crippen LogP) is 3.77. The van der Waals surface area contributed by atoms with Crippen LogP contribution in [-0.4, -0.2) is 24.5 Å². The molecule has 3 aromatic rings. The van der Waals surface area contributed by atoms with Crippen molar-refractivity contribution >= 4 is 23.2 Å². The van der Waals surface area contributed by atoms with Gasteiger partial charge in [0.05, 0.1) is 5.92 Å². The van der Waals surface area contributed by atoms with E-state index in [4.69, 9.17) is 5.41 Å². The maximum atomic E-state index is 13.3. The van der Waals surface area contributed by atoms with Gasteiger partial charge in [0.15, 0.2) is 0 Å². The molecule has 0 radical (unpaired) electrons. The van der Waals surface area contributed by atoms with E-state index in [1.165, 1.54) is 18.3 Å². The van der Waals surface area contributed by atoms with Gasteiger partial charge in [-0.3, -0.25) is 9.79 Å². The van der Waals surface area contributed by atoms with Gasteiger partial charge in [0.25, 0.3) is 5.56 Å². The van der Waals surface area contributed by atoms with Gasteiger partial charge in [-0.25, -0.2) is 4.39 Å². The standard InChI is InChI=1S/C19H16FN3O/c1-22-11-15(10-21)12-2-4-13(5-3-12)18-8-14-6-7-16(20)9-17(14)19(24)23-18/h2-11,15,21H,1H3,(H,23,24). The van der Waals surface area contributed by atoms with Crippen molar-refractivity contribution in [3.63, 3.8) is 0 Å². The van der Waals surface area contributed by atoms with Gasteiger partial charge in [-0.1, -0.05) is 30.3 Å². The Kier molecular flexibility index (Phi) is 4.33. The molecule has 120 valence electrons. The maximum Gasteiger partial charge on any atom is 0.256 e. The Morgan fingerprint density at radius 3 is 2.58 bits per heavy atom. The molecule has 0 aliphatic heterocycles. The molecule has 0 saturated carbocycles. The molecule has 0 bridgehead atoms. The highest BCUT2D eigenvalue weighted by Crippen LogP contribution is 2.22. The summed E-state index contributed by atoms with van der Waals surface area (Å²) in [5, 5.41) is 8.48. The number of hydrogen-bond donors (Lipinski definition) is 2. The Bertz CT molecular complexity index is 974. The number of pyridine rings is 1. The molecule has 24 heavy (non-hydrogen) atoms. The quantitative estimate of drug-likeness (QED) is 0.706. The highest BCUT2D eigenvalue weighted by molar-refractivity contribution is 5.89. The topological polar surface area (TPSA) is 69.1 Å². The van der Waals surface area contributed by atoms with Crippen LogP contribution in [0.1, 0.15) is 11.5 Å². The summed E-state index contributed by atoms with van der Waals surface area (Å²) in [4.78, 5) is 18.9. The molecule has 0 aliphatic rings. The first-order chi connectivity index (χ1) is 11.6. The number of aromatic amines is 1. The van der Waals surface area contributed by atoms with Crippen molar-refractivity contribution in [2.45, 2.75) is 5.92 Å². The van der Waals surface area contributed by atoms with Gasteiger partial charge in [0, 0.05) is 30.6 Å². The van der Waals surface area contributed by atoms with E-state index in [0.29, 0.717) is 16.5 Å². The number of halogens is 1. The molecular formula is C19H16FN3O. The third kappa shape index (κ3) is 3.01. The van der Waals surface area contributed by atoms with Gasteiger partial charge in [-0.05, 0) is 34.7 Å². The van der Waals surface area contributed by atoms with Gasteiger partial charge in [-0.15, -0.1) is 0 Å². The fraction of sp³-hybridized carbons (Fsp3) is 0.105. The van der Waals surface area contributed by atoms with Gasteiger partial charge in [0.1, 0.15) is 5.82 Å². The molecule has 3 rings (SSSR count). The molecular weight excluding hydrogens is 305 g/mol. The first-order valence-corrected chi connectivity index (χ1v) is 7.48. The van der Waals surface area contributed by atoms with E-state index in [1.54, 1.807) is 19.3 Å². The van der Waals surface area contributed by atoms with Gasteiger partial charge < -0.3 is 10.4 Å². The predicted molar refractivity (Wildman–Crippen MR) is 95.9 cm³/mol. The van der Waals surface area contributed by atoms with Crippen LogP contribution in [0.25, 0.3) is 22.0 Å². The Morgan fingerprint density at radius 1 is 1.17 bits per heavy atom. The van der Waals surface area contributed by atoms with Crippen molar-refractivity contribution < 1.29 is 4.39 Å². The third-order valence-electron chi connectivity index (χ3n) is 3.90. The van der Waals surface area contributed by atoms with Crippen molar-refractivity contribution in [1.82, 2.24) is 4.98 Å². The molecule has 2 N–H and O–H groups in total. The average Bonchev–Trinajstić information content (AvgIpc) is 2.60. The van der Waals surface area contributed by atoms with Crippen molar-refractivity contribution in [2.24, 2.45) is 4.99 Å². The van der Waals surface area contributed by atoms with E-state index >= 15 is 0 Å². The van der Waals surface area contributed by atoms with Crippen molar-refractivity contribution in [3.8, 4) is 11.3 Å². The Labute approximate surface area is 138 Å². The number of nitrogens with one attached hydrogen (secondary N) is 2. The maximum absolute atomic E-state index is 13.3. The van der Waals surface area contributed by atoms with E-state index in [2.05, 4.69) is 9.98 Å². The number of rotatable bonds is 4. The van der Waals surface area contributed by atoms with Gasteiger partial charge in [-0.2, -0.15) is 0 Å². The summed E-state index contributed by atoms with van der Waals surface area (Å²) in [6.07, 6.45) is 3.03. The third-order valence-corrected chi connectivity index (χ3v) is 3.90. The number of benzene rings is 2. The molecule has 0 aliphatic carbocycles. The Hall–Kier alpha value is -3.08. The Morgan fingerprint density at radius 2 is 1.92 bits per heavy atom. The number of H-pyrrole nitrogens is 1. The second-order valence-corrected chi connectivity index (χ2v) is 5.47. The van der Waals surface area contributed by atoms with E-state index in [0.717, 1.165) is 11.1 Å². The Balaban J connectivity index is 2.03. The lowest BCUT2D eigenvalue weighted by Gasteiger charge is -2.08. The number of aliphatic imine (C=N–C) groups is 1. The summed E-state index contributed by atoms with van der Waals surface area (Å²) in [7, 11) is 1.67. The van der Waals surface area contributed by atoms with Crippen LogP contribution < -0.4 is 5.56 Å². The monoisotopic (exact) mass is 321 g/mol. The van der Waals surface area contributed by atoms with Crippen LogP contribution in [0.2, 0.25) is 0 Å². The van der Waals surface area contributed by atoms with Gasteiger partial charge in [0.2, 0.25) is 0 Å². The lowest BCUT2D eigenvalue weighted by atomic mass is 9.99. The zero-order valence-electron chi connectivity index (χ0n) is 13.1. The summed E-state index contributed by atoms with van der Waals surface area (Å²) in [5.74, 6) is -0.594. The minimum Gasteiger partial charge on any atom is -0.321 e. The highest BCUT2D eigenvalue weighted by atomic mass is 19.1. The molecule has 5 heteroatoms. The smallest absolute Gasteiger partial charge is 0.256 e. The molecule has 1 heterocycles. The molecule has 2 aromatic carbocycles. The van der Waals surface area contributed by atoms with Crippen LogP contribution in [0, 0.1) is 11.2 Å². The van der Waals surface area contributed by atoms with Crippen LogP contribution in [-0.2, 0) is 0 Å². The minimum absolute atomic E-state index is 0.164. The second kappa shape index (κ2) is 6.58. The summed E-state index contributed by atoms with van der Waals surface area (Å²) < 4.78 is 13.3. The first-order valence-electron chi connectivity index (χ1n) is 7.48. The van der Waals surface area contributed by atoms with E-state index in [9.17, 15) is 9.18 Å². The molecule has 1 atom stereocenters. The summed E-state index contributed by atoms with van der Waals surface area (Å²) >= 11 is 0. The molecule has 0 spiro atoms. The lowest BCUT2D eigenvalue weighted by molar-refractivity contribution is 0.629. The number of fused-ring (bicyclic) bond motifs is 1. The lowest BCUT2D eigenvalue weighted by Crippen LogP contribution is -2.07. The van der Waals surface area contributed by atoms with E-state index in [-0.39, 0.29) is 11.5 Å². The highest BCUT2D eigenvalue weighted by Gasteiger charge is 2.08. The zero-order chi connectivity index (χ0) is 17.1. The molecule has 1 aromatic heterocycles. The van der Waals surface area contributed by atoms with Crippen LogP contribution >= 0.6 is 0 Å². The molecule has 0 saturated heterocycles. The minimum atomic E-state index is -0.430. The van der Waals surface area contributed by atoms with Crippen molar-refractivity contribution in [3.05, 3.63) is 70.3 Å². The van der Waals surface area contributed by atoms with E-state index < -0.39 is 5.82 Å². The average molecular weight is 321 g/mol.